The molecule has 1 aromatic carbocycles. The molecule has 1 aliphatic rings. The Morgan fingerprint density at radius 2 is 2.10 bits per heavy atom. The molecule has 2 aromatic rings. The van der Waals surface area contributed by atoms with E-state index in [1.165, 1.54) is 11.1 Å². The van der Waals surface area contributed by atoms with Gasteiger partial charge in [-0.25, -0.2) is 0 Å². The van der Waals surface area contributed by atoms with Crippen LogP contribution in [-0.2, 0) is 0 Å². The molecule has 1 saturated heterocycles. The fourth-order valence-corrected chi connectivity index (χ4v) is 3.07. The summed E-state index contributed by atoms with van der Waals surface area (Å²) in [6, 6.07) is 8.62. The van der Waals surface area contributed by atoms with Crippen LogP contribution in [0.2, 0.25) is 0 Å². The van der Waals surface area contributed by atoms with Crippen molar-refractivity contribution in [3.63, 3.8) is 0 Å². The molecule has 3 N–H and O–H groups in total. The van der Waals surface area contributed by atoms with Crippen LogP contribution in [0.25, 0.3) is 11.1 Å². The van der Waals surface area contributed by atoms with E-state index in [0.29, 0.717) is 0 Å². The number of H-pyrrole nitrogens is 1. The van der Waals surface area contributed by atoms with Gasteiger partial charge in [-0.05, 0) is 37.5 Å². The van der Waals surface area contributed by atoms with Crippen molar-refractivity contribution in [2.45, 2.75) is 25.8 Å². The van der Waals surface area contributed by atoms with Crippen LogP contribution in [0.1, 0.15) is 18.5 Å². The van der Waals surface area contributed by atoms with Crippen LogP contribution in [0.3, 0.4) is 0 Å². The molecule has 106 valence electrons. The van der Waals surface area contributed by atoms with Crippen LogP contribution in [0.4, 0.5) is 5.82 Å². The van der Waals surface area contributed by atoms with Crippen molar-refractivity contribution in [2.75, 3.05) is 18.0 Å². The van der Waals surface area contributed by atoms with Crippen LogP contribution in [0.15, 0.2) is 28.7 Å². The lowest BCUT2D eigenvalue weighted by molar-refractivity contribution is 0.503. The highest BCUT2D eigenvalue weighted by molar-refractivity contribution is 9.10. The summed E-state index contributed by atoms with van der Waals surface area (Å²) in [5.74, 6) is 1.03. The second-order valence-electron chi connectivity index (χ2n) is 5.40. The zero-order valence-electron chi connectivity index (χ0n) is 11.6. The number of benzene rings is 1. The molecule has 0 amide bonds. The number of aryl methyl sites for hydroxylation is 1. The Bertz CT molecular complexity index is 590. The fourth-order valence-electron chi connectivity index (χ4n) is 2.81. The fraction of sp³-hybridized carbons (Fsp3) is 0.400. The minimum atomic E-state index is 0.249. The van der Waals surface area contributed by atoms with Gasteiger partial charge in [-0.3, -0.25) is 5.10 Å². The normalized spacial score (nSPS) is 19.4. The molecule has 5 heteroatoms. The van der Waals surface area contributed by atoms with E-state index in [1.807, 2.05) is 0 Å². The number of piperidine rings is 1. The molecule has 0 aliphatic carbocycles. The highest BCUT2D eigenvalue weighted by Crippen LogP contribution is 2.33. The van der Waals surface area contributed by atoms with E-state index in [9.17, 15) is 0 Å². The lowest BCUT2D eigenvalue weighted by atomic mass is 10.0. The highest BCUT2D eigenvalue weighted by Gasteiger charge is 2.23. The Morgan fingerprint density at radius 3 is 2.80 bits per heavy atom. The summed E-state index contributed by atoms with van der Waals surface area (Å²) in [6.45, 7) is 3.98. The van der Waals surface area contributed by atoms with Crippen LogP contribution in [0.5, 0.6) is 0 Å². The van der Waals surface area contributed by atoms with Crippen molar-refractivity contribution in [2.24, 2.45) is 5.73 Å². The number of aromatic nitrogens is 2. The number of nitrogens with one attached hydrogen (secondary N) is 1. The van der Waals surface area contributed by atoms with Gasteiger partial charge in [0, 0.05) is 34.9 Å². The number of nitrogens with two attached hydrogens (primary N) is 1. The topological polar surface area (TPSA) is 57.9 Å². The smallest absolute Gasteiger partial charge is 0.158 e. The Kier molecular flexibility index (Phi) is 3.81. The van der Waals surface area contributed by atoms with Crippen molar-refractivity contribution >= 4 is 21.7 Å². The molecular formula is C15H19BrN4. The molecule has 0 saturated carbocycles. The number of hydrogen-bond donors (Lipinski definition) is 2. The first-order valence-corrected chi connectivity index (χ1v) is 7.76. The number of halogens is 1. The number of anilines is 1. The second-order valence-corrected chi connectivity index (χ2v) is 6.32. The average Bonchev–Trinajstić information content (AvgIpc) is 2.82. The largest absolute Gasteiger partial charge is 0.353 e. The van der Waals surface area contributed by atoms with Crippen LogP contribution < -0.4 is 10.6 Å². The minimum Gasteiger partial charge on any atom is -0.353 e. The van der Waals surface area contributed by atoms with Gasteiger partial charge in [0.15, 0.2) is 5.82 Å². The molecule has 1 aromatic heterocycles. The van der Waals surface area contributed by atoms with Gasteiger partial charge in [0.2, 0.25) is 0 Å². The van der Waals surface area contributed by atoms with Gasteiger partial charge in [-0.2, -0.15) is 5.10 Å². The van der Waals surface area contributed by atoms with Crippen molar-refractivity contribution in [3.8, 4) is 11.1 Å². The zero-order valence-corrected chi connectivity index (χ0v) is 13.2. The first kappa shape index (κ1) is 13.6. The van der Waals surface area contributed by atoms with Gasteiger partial charge in [0.25, 0.3) is 0 Å². The maximum absolute atomic E-state index is 6.09. The molecule has 0 spiro atoms. The maximum atomic E-state index is 6.09. The summed E-state index contributed by atoms with van der Waals surface area (Å²) >= 11 is 3.48. The summed E-state index contributed by atoms with van der Waals surface area (Å²) in [6.07, 6.45) is 2.24. The van der Waals surface area contributed by atoms with E-state index >= 15 is 0 Å². The first-order valence-electron chi connectivity index (χ1n) is 6.96. The molecule has 0 bridgehead atoms. The van der Waals surface area contributed by atoms with Crippen LogP contribution in [0, 0.1) is 6.92 Å². The quantitative estimate of drug-likeness (QED) is 0.887. The highest BCUT2D eigenvalue weighted by atomic mass is 79.9. The maximum Gasteiger partial charge on any atom is 0.158 e. The van der Waals surface area contributed by atoms with Gasteiger partial charge in [0.1, 0.15) is 0 Å². The third kappa shape index (κ3) is 2.60. The van der Waals surface area contributed by atoms with Gasteiger partial charge in [0.05, 0.1) is 0 Å². The number of nitrogens with zero attached hydrogens (tertiary/aromatic N) is 2. The third-order valence-electron chi connectivity index (χ3n) is 3.82. The second kappa shape index (κ2) is 5.58. The van der Waals surface area contributed by atoms with E-state index in [4.69, 9.17) is 5.73 Å². The SMILES string of the molecule is Cc1[nH]nc(N2CCCC(N)C2)c1-c1ccc(Br)cc1. The Hall–Kier alpha value is -1.33. The van der Waals surface area contributed by atoms with Gasteiger partial charge in [-0.15, -0.1) is 0 Å². The molecular weight excluding hydrogens is 316 g/mol. The number of rotatable bonds is 2. The standard InChI is InChI=1S/C15H19BrN4/c1-10-14(11-4-6-12(16)7-5-11)15(19-18-10)20-8-2-3-13(17)9-20/h4-7,13H,2-3,8-9,17H2,1H3,(H,18,19). The monoisotopic (exact) mass is 334 g/mol. The molecule has 1 fully saturated rings. The number of hydrogen-bond acceptors (Lipinski definition) is 3. The van der Waals surface area contributed by atoms with Crippen molar-refractivity contribution < 1.29 is 0 Å². The summed E-state index contributed by atoms with van der Waals surface area (Å²) < 4.78 is 1.09. The van der Waals surface area contributed by atoms with Crippen molar-refractivity contribution in [3.05, 3.63) is 34.4 Å². The van der Waals surface area contributed by atoms with E-state index in [-0.39, 0.29) is 6.04 Å². The third-order valence-corrected chi connectivity index (χ3v) is 4.35. The van der Waals surface area contributed by atoms with E-state index in [1.54, 1.807) is 0 Å². The lowest BCUT2D eigenvalue weighted by Crippen LogP contribution is -2.43. The van der Waals surface area contributed by atoms with Gasteiger partial charge >= 0.3 is 0 Å². The molecule has 0 radical (unpaired) electrons. The molecule has 1 unspecified atom stereocenters. The van der Waals surface area contributed by atoms with E-state index in [2.05, 4.69) is 62.2 Å². The van der Waals surface area contributed by atoms with Crippen molar-refractivity contribution in [1.82, 2.24) is 10.2 Å². The molecule has 20 heavy (non-hydrogen) atoms. The Morgan fingerprint density at radius 1 is 1.35 bits per heavy atom. The van der Waals surface area contributed by atoms with Crippen LogP contribution in [-0.4, -0.2) is 29.3 Å². The van der Waals surface area contributed by atoms with E-state index < -0.39 is 0 Å². The van der Waals surface area contributed by atoms with Gasteiger partial charge in [-0.1, -0.05) is 28.1 Å². The Balaban J connectivity index is 1.98. The summed E-state index contributed by atoms with van der Waals surface area (Å²) in [5.41, 5.74) is 9.57. The molecule has 2 heterocycles. The predicted molar refractivity (Wildman–Crippen MR) is 85.9 cm³/mol. The summed E-state index contributed by atoms with van der Waals surface area (Å²) in [4.78, 5) is 2.30. The summed E-state index contributed by atoms with van der Waals surface area (Å²) in [5, 5.41) is 7.62. The Labute approximate surface area is 127 Å². The van der Waals surface area contributed by atoms with E-state index in [0.717, 1.165) is 41.9 Å². The zero-order chi connectivity index (χ0) is 14.1. The molecule has 1 atom stereocenters. The molecule has 1 aliphatic heterocycles. The minimum absolute atomic E-state index is 0.249. The van der Waals surface area contributed by atoms with Crippen molar-refractivity contribution in [1.29, 1.82) is 0 Å². The summed E-state index contributed by atoms with van der Waals surface area (Å²) in [7, 11) is 0. The lowest BCUT2D eigenvalue weighted by Gasteiger charge is -2.31. The van der Waals surface area contributed by atoms with Crippen LogP contribution >= 0.6 is 15.9 Å². The average molecular weight is 335 g/mol. The molecule has 3 rings (SSSR count). The molecule has 4 nitrogen and oxygen atoms in total. The van der Waals surface area contributed by atoms with Gasteiger partial charge < -0.3 is 10.6 Å². The first-order chi connectivity index (χ1) is 9.65. The number of aromatic amines is 1. The predicted octanol–water partition coefficient (Wildman–Crippen LogP) is 3.08.